The summed E-state index contributed by atoms with van der Waals surface area (Å²) in [5.74, 6) is 0. The lowest BCUT2D eigenvalue weighted by Gasteiger charge is -2.23. The van der Waals surface area contributed by atoms with Gasteiger partial charge in [0.2, 0.25) is 0 Å². The number of nitrogens with zero attached hydrogens (tertiary/aromatic N) is 3. The summed E-state index contributed by atoms with van der Waals surface area (Å²) in [4.78, 5) is 2.77. The van der Waals surface area contributed by atoms with Gasteiger partial charge < -0.3 is 18.9 Å². The van der Waals surface area contributed by atoms with Crippen molar-refractivity contribution < 1.29 is 18.9 Å². The van der Waals surface area contributed by atoms with E-state index in [9.17, 15) is 0 Å². The maximum atomic E-state index is 8.45. The zero-order valence-corrected chi connectivity index (χ0v) is 8.99. The largest absolute Gasteiger partial charge is 0.379 e. The van der Waals surface area contributed by atoms with Gasteiger partial charge in [0.15, 0.2) is 6.29 Å². The van der Waals surface area contributed by atoms with Gasteiger partial charge in [-0.25, -0.2) is 0 Å². The molecule has 0 aliphatic carbocycles. The monoisotopic (exact) mass is 217 g/mol. The summed E-state index contributed by atoms with van der Waals surface area (Å²) >= 11 is 0. The molecule has 0 saturated carbocycles. The lowest BCUT2D eigenvalue weighted by atomic mass is 10.1. The molecule has 3 atom stereocenters. The quantitative estimate of drug-likeness (QED) is 0.293. The van der Waals surface area contributed by atoms with Crippen molar-refractivity contribution in [3.63, 3.8) is 0 Å². The van der Waals surface area contributed by atoms with Crippen molar-refractivity contribution in [1.82, 2.24) is 0 Å². The summed E-state index contributed by atoms with van der Waals surface area (Å²) in [6.45, 7) is 0.369. The van der Waals surface area contributed by atoms with Gasteiger partial charge >= 0.3 is 0 Å². The molecule has 0 unspecified atom stereocenters. The highest BCUT2D eigenvalue weighted by Crippen LogP contribution is 2.24. The van der Waals surface area contributed by atoms with Crippen LogP contribution in [0.2, 0.25) is 0 Å². The molecule has 0 aromatic carbocycles. The van der Waals surface area contributed by atoms with Gasteiger partial charge in [-0.05, 0) is 5.53 Å². The number of methoxy groups -OCH3 is 3. The van der Waals surface area contributed by atoms with E-state index >= 15 is 0 Å². The third-order valence-electron chi connectivity index (χ3n) is 2.39. The number of hydrogen-bond acceptors (Lipinski definition) is 5. The van der Waals surface area contributed by atoms with Crippen LogP contribution in [0, 0.1) is 0 Å². The molecule has 1 aliphatic rings. The van der Waals surface area contributed by atoms with E-state index in [2.05, 4.69) is 10.0 Å². The summed E-state index contributed by atoms with van der Waals surface area (Å²) in [6.07, 6.45) is -1.24. The minimum atomic E-state index is -0.555. The van der Waals surface area contributed by atoms with Crippen molar-refractivity contribution >= 4 is 0 Å². The van der Waals surface area contributed by atoms with Crippen LogP contribution in [0.3, 0.4) is 0 Å². The van der Waals surface area contributed by atoms with E-state index in [1.54, 1.807) is 7.11 Å². The van der Waals surface area contributed by atoms with Crippen molar-refractivity contribution in [2.24, 2.45) is 5.11 Å². The van der Waals surface area contributed by atoms with E-state index in [0.717, 1.165) is 0 Å². The third kappa shape index (κ3) is 2.58. The van der Waals surface area contributed by atoms with Gasteiger partial charge in [0.05, 0.1) is 18.8 Å². The Hall–Kier alpha value is -0.850. The topological polar surface area (TPSA) is 85.7 Å². The van der Waals surface area contributed by atoms with E-state index in [1.165, 1.54) is 14.2 Å². The average molecular weight is 217 g/mol. The Labute approximate surface area is 87.9 Å². The van der Waals surface area contributed by atoms with Crippen molar-refractivity contribution in [2.45, 2.75) is 24.5 Å². The Bertz CT molecular complexity index is 240. The highest BCUT2D eigenvalue weighted by molar-refractivity contribution is 4.92. The highest BCUT2D eigenvalue weighted by atomic mass is 16.7. The van der Waals surface area contributed by atoms with Crippen LogP contribution < -0.4 is 0 Å². The van der Waals surface area contributed by atoms with Gasteiger partial charge in [-0.15, -0.1) is 0 Å². The summed E-state index contributed by atoms with van der Waals surface area (Å²) in [6, 6.07) is -0.426. The molecule has 0 bridgehead atoms. The molecule has 1 fully saturated rings. The molecule has 1 saturated heterocycles. The molecule has 0 spiro atoms. The Balaban J connectivity index is 2.75. The number of rotatable bonds is 5. The van der Waals surface area contributed by atoms with Crippen LogP contribution in [0.15, 0.2) is 5.11 Å². The molecular formula is C8H15N3O4. The summed E-state index contributed by atoms with van der Waals surface area (Å²) in [5.41, 5.74) is 8.45. The number of hydrogen-bond donors (Lipinski definition) is 0. The Kier molecular flexibility index (Phi) is 4.80. The molecule has 0 aromatic heterocycles. The standard InChI is InChI=1S/C8H15N3O4/c1-12-5-4-15-7(6(5)10-11-9)8(13-2)14-3/h5-8H,4H2,1-3H3/t5-,6-,7+/m0/s1. The molecule has 0 radical (unpaired) electrons. The van der Waals surface area contributed by atoms with Crippen molar-refractivity contribution in [1.29, 1.82) is 0 Å². The van der Waals surface area contributed by atoms with Crippen LogP contribution in [0.25, 0.3) is 10.4 Å². The Morgan fingerprint density at radius 1 is 1.40 bits per heavy atom. The molecular weight excluding hydrogens is 202 g/mol. The minimum Gasteiger partial charge on any atom is -0.379 e. The zero-order valence-electron chi connectivity index (χ0n) is 8.99. The van der Waals surface area contributed by atoms with E-state index < -0.39 is 18.4 Å². The minimum absolute atomic E-state index is 0.251. The molecule has 0 amide bonds. The Morgan fingerprint density at radius 2 is 2.07 bits per heavy atom. The fourth-order valence-electron chi connectivity index (χ4n) is 1.63. The molecule has 1 rings (SSSR count). The van der Waals surface area contributed by atoms with Crippen molar-refractivity contribution in [3.05, 3.63) is 10.4 Å². The fourth-order valence-corrected chi connectivity index (χ4v) is 1.63. The number of azide groups is 1. The zero-order chi connectivity index (χ0) is 11.3. The van der Waals surface area contributed by atoms with E-state index in [1.807, 2.05) is 0 Å². The van der Waals surface area contributed by atoms with Crippen LogP contribution in [0.4, 0.5) is 0 Å². The normalized spacial score (nSPS) is 30.5. The molecule has 0 aromatic rings. The lowest BCUT2D eigenvalue weighted by molar-refractivity contribution is -0.170. The van der Waals surface area contributed by atoms with Gasteiger partial charge in [-0.2, -0.15) is 0 Å². The van der Waals surface area contributed by atoms with Gasteiger partial charge in [0.25, 0.3) is 0 Å². The van der Waals surface area contributed by atoms with Crippen LogP contribution in [-0.2, 0) is 18.9 Å². The average Bonchev–Trinajstić information content (AvgIpc) is 2.64. The van der Waals surface area contributed by atoms with Gasteiger partial charge in [0, 0.05) is 26.2 Å². The van der Waals surface area contributed by atoms with Gasteiger partial charge in [-0.3, -0.25) is 0 Å². The first-order valence-corrected chi connectivity index (χ1v) is 4.52. The van der Waals surface area contributed by atoms with Gasteiger partial charge in [0.1, 0.15) is 6.10 Å². The van der Waals surface area contributed by atoms with Crippen molar-refractivity contribution in [3.8, 4) is 0 Å². The molecule has 0 N–H and O–H groups in total. The summed E-state index contributed by atoms with van der Waals surface area (Å²) < 4.78 is 20.7. The fraction of sp³-hybridized carbons (Fsp3) is 1.00. The maximum absolute atomic E-state index is 8.45. The Morgan fingerprint density at radius 3 is 2.53 bits per heavy atom. The smallest absolute Gasteiger partial charge is 0.183 e. The molecule has 15 heavy (non-hydrogen) atoms. The molecule has 7 nitrogen and oxygen atoms in total. The van der Waals surface area contributed by atoms with E-state index in [-0.39, 0.29) is 6.10 Å². The predicted molar refractivity (Wildman–Crippen MR) is 51.3 cm³/mol. The van der Waals surface area contributed by atoms with Crippen LogP contribution in [-0.4, -0.2) is 52.5 Å². The summed E-state index contributed by atoms with van der Waals surface area (Å²) in [7, 11) is 4.56. The summed E-state index contributed by atoms with van der Waals surface area (Å²) in [5, 5.41) is 3.64. The molecule has 1 heterocycles. The first kappa shape index (κ1) is 12.2. The van der Waals surface area contributed by atoms with E-state index in [0.29, 0.717) is 6.61 Å². The van der Waals surface area contributed by atoms with Crippen LogP contribution in [0.5, 0.6) is 0 Å². The third-order valence-corrected chi connectivity index (χ3v) is 2.39. The van der Waals surface area contributed by atoms with Crippen molar-refractivity contribution in [2.75, 3.05) is 27.9 Å². The molecule has 1 aliphatic heterocycles. The second-order valence-electron chi connectivity index (χ2n) is 3.11. The second-order valence-corrected chi connectivity index (χ2v) is 3.11. The maximum Gasteiger partial charge on any atom is 0.183 e. The molecule has 7 heteroatoms. The van der Waals surface area contributed by atoms with Crippen LogP contribution >= 0.6 is 0 Å². The first-order valence-electron chi connectivity index (χ1n) is 4.52. The van der Waals surface area contributed by atoms with Crippen LogP contribution in [0.1, 0.15) is 0 Å². The second kappa shape index (κ2) is 5.89. The van der Waals surface area contributed by atoms with E-state index in [4.69, 9.17) is 24.5 Å². The SMILES string of the molecule is COC(OC)[C@@H]1OC[C@H](OC)[C@@H]1N=[N+]=[N-]. The predicted octanol–water partition coefficient (Wildman–Crippen LogP) is 0.698. The molecule has 86 valence electrons. The highest BCUT2D eigenvalue weighted by Gasteiger charge is 2.42. The number of ether oxygens (including phenoxy) is 4. The van der Waals surface area contributed by atoms with Gasteiger partial charge in [-0.1, -0.05) is 5.11 Å². The first-order chi connectivity index (χ1) is 7.28. The lowest BCUT2D eigenvalue weighted by Crippen LogP contribution is -2.39.